The number of hydrogen-bond acceptors (Lipinski definition) is 1. The van der Waals surface area contributed by atoms with E-state index in [1.165, 1.54) is 32.1 Å². The van der Waals surface area contributed by atoms with Gasteiger partial charge in [0.1, 0.15) is 0 Å². The fourth-order valence-electron chi connectivity index (χ4n) is 2.68. The normalized spacial score (nSPS) is 37.9. The highest BCUT2D eigenvalue weighted by molar-refractivity contribution is 4.94. The van der Waals surface area contributed by atoms with Gasteiger partial charge >= 0.3 is 0 Å². The third-order valence-electron chi connectivity index (χ3n) is 4.61. The van der Waals surface area contributed by atoms with Gasteiger partial charge in [0, 0.05) is 5.54 Å². The van der Waals surface area contributed by atoms with Crippen LogP contribution in [-0.2, 0) is 0 Å². The van der Waals surface area contributed by atoms with Gasteiger partial charge in [-0.15, -0.1) is 0 Å². The zero-order valence-corrected chi connectivity index (χ0v) is 10.3. The Hall–Kier alpha value is -0.0400. The molecule has 1 aliphatic carbocycles. The third-order valence-corrected chi connectivity index (χ3v) is 4.61. The third kappa shape index (κ3) is 2.50. The topological polar surface area (TPSA) is 26.0 Å². The first kappa shape index (κ1) is 12.0. The van der Waals surface area contributed by atoms with Crippen molar-refractivity contribution in [2.75, 3.05) is 0 Å². The molecule has 1 fully saturated rings. The molecule has 14 heavy (non-hydrogen) atoms. The molecule has 0 aromatic rings. The number of rotatable bonds is 3. The Morgan fingerprint density at radius 1 is 1.29 bits per heavy atom. The lowest BCUT2D eigenvalue weighted by atomic mass is 9.67. The average Bonchev–Trinajstić information content (AvgIpc) is 2.20. The van der Waals surface area contributed by atoms with Crippen molar-refractivity contribution in [3.05, 3.63) is 0 Å². The summed E-state index contributed by atoms with van der Waals surface area (Å²) in [7, 11) is 0. The minimum atomic E-state index is 0.141. The fraction of sp³-hybridized carbons (Fsp3) is 1.00. The van der Waals surface area contributed by atoms with Gasteiger partial charge in [0.25, 0.3) is 0 Å². The molecule has 2 atom stereocenters. The molecule has 0 heterocycles. The fourth-order valence-corrected chi connectivity index (χ4v) is 2.68. The van der Waals surface area contributed by atoms with Gasteiger partial charge in [-0.05, 0) is 43.4 Å². The van der Waals surface area contributed by atoms with Crippen LogP contribution in [0.1, 0.15) is 59.8 Å². The molecule has 0 spiro atoms. The summed E-state index contributed by atoms with van der Waals surface area (Å²) in [5.41, 5.74) is 6.68. The summed E-state index contributed by atoms with van der Waals surface area (Å²) in [6.07, 6.45) is 6.39. The van der Waals surface area contributed by atoms with Crippen molar-refractivity contribution in [2.45, 2.75) is 65.3 Å². The van der Waals surface area contributed by atoms with Crippen LogP contribution in [0.3, 0.4) is 0 Å². The van der Waals surface area contributed by atoms with Gasteiger partial charge in [-0.1, -0.05) is 34.1 Å². The standard InChI is InChI=1S/C13H27N/c1-5-11(3)12(4)13(14)8-6-10(2)7-9-13/h10-12H,5-9,14H2,1-4H3. The van der Waals surface area contributed by atoms with Gasteiger partial charge in [0.05, 0.1) is 0 Å². The molecule has 0 bridgehead atoms. The molecule has 1 saturated carbocycles. The maximum atomic E-state index is 6.54. The monoisotopic (exact) mass is 197 g/mol. The van der Waals surface area contributed by atoms with E-state index in [0.717, 1.165) is 11.8 Å². The highest BCUT2D eigenvalue weighted by Gasteiger charge is 2.36. The Morgan fingerprint density at radius 3 is 2.21 bits per heavy atom. The summed E-state index contributed by atoms with van der Waals surface area (Å²) < 4.78 is 0. The van der Waals surface area contributed by atoms with Crippen molar-refractivity contribution in [3.63, 3.8) is 0 Å². The van der Waals surface area contributed by atoms with Crippen LogP contribution in [0.4, 0.5) is 0 Å². The lowest BCUT2D eigenvalue weighted by molar-refractivity contribution is 0.136. The first-order valence-electron chi connectivity index (χ1n) is 6.28. The molecule has 2 unspecified atom stereocenters. The highest BCUT2D eigenvalue weighted by atomic mass is 14.8. The lowest BCUT2D eigenvalue weighted by Crippen LogP contribution is -2.50. The SMILES string of the molecule is CCC(C)C(C)C1(N)CCC(C)CC1. The van der Waals surface area contributed by atoms with E-state index in [-0.39, 0.29) is 5.54 Å². The van der Waals surface area contributed by atoms with Crippen LogP contribution in [0.5, 0.6) is 0 Å². The Bertz CT molecular complexity index is 168. The molecule has 0 aliphatic heterocycles. The van der Waals surface area contributed by atoms with E-state index in [9.17, 15) is 0 Å². The Morgan fingerprint density at radius 2 is 1.79 bits per heavy atom. The van der Waals surface area contributed by atoms with Crippen molar-refractivity contribution < 1.29 is 0 Å². The largest absolute Gasteiger partial charge is 0.325 e. The first-order chi connectivity index (χ1) is 6.49. The van der Waals surface area contributed by atoms with Crippen molar-refractivity contribution >= 4 is 0 Å². The van der Waals surface area contributed by atoms with Gasteiger partial charge < -0.3 is 5.73 Å². The lowest BCUT2D eigenvalue weighted by Gasteiger charge is -2.43. The molecule has 2 N–H and O–H groups in total. The first-order valence-corrected chi connectivity index (χ1v) is 6.28. The molecular formula is C13H27N. The van der Waals surface area contributed by atoms with E-state index >= 15 is 0 Å². The highest BCUT2D eigenvalue weighted by Crippen LogP contribution is 2.38. The van der Waals surface area contributed by atoms with Crippen LogP contribution >= 0.6 is 0 Å². The van der Waals surface area contributed by atoms with Crippen LogP contribution < -0.4 is 5.73 Å². The molecule has 0 saturated heterocycles. The molecule has 1 heteroatoms. The van der Waals surface area contributed by atoms with E-state index in [1.54, 1.807) is 0 Å². The quantitative estimate of drug-likeness (QED) is 0.735. The minimum Gasteiger partial charge on any atom is -0.325 e. The molecular weight excluding hydrogens is 170 g/mol. The molecule has 1 rings (SSSR count). The molecule has 1 nitrogen and oxygen atoms in total. The van der Waals surface area contributed by atoms with E-state index in [4.69, 9.17) is 5.73 Å². The zero-order chi connectivity index (χ0) is 10.8. The van der Waals surface area contributed by atoms with Gasteiger partial charge in [-0.2, -0.15) is 0 Å². The van der Waals surface area contributed by atoms with E-state index in [0.29, 0.717) is 5.92 Å². The predicted octanol–water partition coefficient (Wildman–Crippen LogP) is 3.58. The Labute approximate surface area is 89.5 Å². The molecule has 0 amide bonds. The summed E-state index contributed by atoms with van der Waals surface area (Å²) in [6, 6.07) is 0. The smallest absolute Gasteiger partial charge is 0.0182 e. The van der Waals surface area contributed by atoms with Crippen LogP contribution in [0.15, 0.2) is 0 Å². The van der Waals surface area contributed by atoms with Crippen LogP contribution in [0.2, 0.25) is 0 Å². The maximum absolute atomic E-state index is 6.54. The van der Waals surface area contributed by atoms with Crippen LogP contribution in [-0.4, -0.2) is 5.54 Å². The predicted molar refractivity (Wildman–Crippen MR) is 63.2 cm³/mol. The van der Waals surface area contributed by atoms with Crippen LogP contribution in [0.25, 0.3) is 0 Å². The zero-order valence-electron chi connectivity index (χ0n) is 10.3. The summed E-state index contributed by atoms with van der Waals surface area (Å²) >= 11 is 0. The number of nitrogens with two attached hydrogens (primary N) is 1. The summed E-state index contributed by atoms with van der Waals surface area (Å²) in [6.45, 7) is 9.32. The van der Waals surface area contributed by atoms with Crippen molar-refractivity contribution in [3.8, 4) is 0 Å². The summed E-state index contributed by atoms with van der Waals surface area (Å²) in [4.78, 5) is 0. The van der Waals surface area contributed by atoms with Crippen molar-refractivity contribution in [1.82, 2.24) is 0 Å². The molecule has 0 radical (unpaired) electrons. The second kappa shape index (κ2) is 4.65. The Kier molecular flexibility index (Phi) is 4.00. The van der Waals surface area contributed by atoms with Crippen molar-refractivity contribution in [1.29, 1.82) is 0 Å². The van der Waals surface area contributed by atoms with Crippen LogP contribution in [0, 0.1) is 17.8 Å². The van der Waals surface area contributed by atoms with Gasteiger partial charge in [0.15, 0.2) is 0 Å². The summed E-state index contributed by atoms with van der Waals surface area (Å²) in [5.74, 6) is 2.35. The molecule has 0 aromatic heterocycles. The minimum absolute atomic E-state index is 0.141. The molecule has 84 valence electrons. The van der Waals surface area contributed by atoms with E-state index in [2.05, 4.69) is 27.7 Å². The van der Waals surface area contributed by atoms with Gasteiger partial charge in [-0.25, -0.2) is 0 Å². The Balaban J connectivity index is 2.56. The van der Waals surface area contributed by atoms with Gasteiger partial charge in [-0.3, -0.25) is 0 Å². The van der Waals surface area contributed by atoms with E-state index < -0.39 is 0 Å². The van der Waals surface area contributed by atoms with E-state index in [1.807, 2.05) is 0 Å². The van der Waals surface area contributed by atoms with Gasteiger partial charge in [0.2, 0.25) is 0 Å². The molecule has 0 aromatic carbocycles. The second-order valence-electron chi connectivity index (χ2n) is 5.59. The maximum Gasteiger partial charge on any atom is 0.0182 e. The second-order valence-corrected chi connectivity index (χ2v) is 5.59. The summed E-state index contributed by atoms with van der Waals surface area (Å²) in [5, 5.41) is 0. The van der Waals surface area contributed by atoms with Crippen molar-refractivity contribution in [2.24, 2.45) is 23.5 Å². The molecule has 1 aliphatic rings. The average molecular weight is 197 g/mol. The number of hydrogen-bond donors (Lipinski definition) is 1.